The smallest absolute Gasteiger partial charge is 0.326 e. The van der Waals surface area contributed by atoms with Crippen molar-refractivity contribution in [1.82, 2.24) is 31.2 Å². The van der Waals surface area contributed by atoms with E-state index >= 15 is 0 Å². The summed E-state index contributed by atoms with van der Waals surface area (Å²) in [4.78, 5) is 60.0. The predicted octanol–water partition coefficient (Wildman–Crippen LogP) is -3.71. The lowest BCUT2D eigenvalue weighted by molar-refractivity contribution is -0.142. The van der Waals surface area contributed by atoms with Crippen LogP contribution in [0.1, 0.15) is 31.4 Å². The van der Waals surface area contributed by atoms with Gasteiger partial charge in [0.25, 0.3) is 0 Å². The standard InChI is InChI=1S/C20H33N9O6/c21-20(22)25-6-2-4-13(27-16(31)12-3-1-5-24-12)17(32)29-15(9-30)18(33)28-14(19(34)35)7-11-8-23-10-26-11/h8,10,12-15,24,30H,1-7,9H2,(H,23,26)(H,27,31)(H,28,33)(H,29,32)(H,34,35)(H4,21,22,25). The number of H-pyrrole nitrogens is 1. The number of amides is 3. The summed E-state index contributed by atoms with van der Waals surface area (Å²) in [6, 6.07) is -4.22. The number of aliphatic hydroxyl groups is 1. The molecule has 35 heavy (non-hydrogen) atoms. The van der Waals surface area contributed by atoms with Crippen LogP contribution in [0.25, 0.3) is 0 Å². The van der Waals surface area contributed by atoms with Crippen LogP contribution in [0.15, 0.2) is 17.5 Å². The van der Waals surface area contributed by atoms with Gasteiger partial charge in [0, 0.05) is 24.9 Å². The van der Waals surface area contributed by atoms with Crippen LogP contribution >= 0.6 is 0 Å². The first-order valence-electron chi connectivity index (χ1n) is 11.2. The van der Waals surface area contributed by atoms with Crippen molar-refractivity contribution in [1.29, 1.82) is 0 Å². The summed E-state index contributed by atoms with van der Waals surface area (Å²) < 4.78 is 0. The van der Waals surface area contributed by atoms with Crippen molar-refractivity contribution in [3.8, 4) is 0 Å². The Morgan fingerprint density at radius 1 is 1.14 bits per heavy atom. The maximum Gasteiger partial charge on any atom is 0.326 e. The van der Waals surface area contributed by atoms with Gasteiger partial charge in [0.15, 0.2) is 5.96 Å². The second kappa shape index (κ2) is 13.9. The Morgan fingerprint density at radius 3 is 2.43 bits per heavy atom. The highest BCUT2D eigenvalue weighted by Crippen LogP contribution is 2.07. The van der Waals surface area contributed by atoms with E-state index in [0.29, 0.717) is 25.1 Å². The first-order chi connectivity index (χ1) is 16.7. The molecule has 1 aromatic rings. The van der Waals surface area contributed by atoms with Gasteiger partial charge in [0.2, 0.25) is 17.7 Å². The number of aliphatic imine (C=N–C) groups is 1. The summed E-state index contributed by atoms with van der Waals surface area (Å²) in [7, 11) is 0. The van der Waals surface area contributed by atoms with E-state index in [2.05, 4.69) is 36.2 Å². The van der Waals surface area contributed by atoms with Crippen LogP contribution in [-0.4, -0.2) is 93.7 Å². The number of hydrogen-bond donors (Lipinski definition) is 9. The second-order valence-electron chi connectivity index (χ2n) is 8.08. The van der Waals surface area contributed by atoms with Crippen LogP contribution in [0.3, 0.4) is 0 Å². The number of rotatable bonds is 14. The number of carboxylic acid groups (broad SMARTS) is 1. The number of carbonyl (C=O) groups is 4. The molecule has 0 aromatic carbocycles. The van der Waals surface area contributed by atoms with Crippen LogP contribution in [0.5, 0.6) is 0 Å². The van der Waals surface area contributed by atoms with Crippen LogP contribution in [-0.2, 0) is 25.6 Å². The van der Waals surface area contributed by atoms with Crippen molar-refractivity contribution in [2.24, 2.45) is 16.5 Å². The van der Waals surface area contributed by atoms with Crippen molar-refractivity contribution in [2.75, 3.05) is 19.7 Å². The van der Waals surface area contributed by atoms with Gasteiger partial charge in [-0.15, -0.1) is 0 Å². The third-order valence-electron chi connectivity index (χ3n) is 5.36. The SMILES string of the molecule is NC(N)=NCCCC(NC(=O)C1CCCN1)C(=O)NC(CO)C(=O)NC(Cc1cnc[nH]1)C(=O)O. The summed E-state index contributed by atoms with van der Waals surface area (Å²) >= 11 is 0. The molecule has 4 unspecified atom stereocenters. The van der Waals surface area contributed by atoms with E-state index in [4.69, 9.17) is 11.5 Å². The van der Waals surface area contributed by atoms with Crippen molar-refractivity contribution in [3.05, 3.63) is 18.2 Å². The molecule has 3 amide bonds. The summed E-state index contributed by atoms with van der Waals surface area (Å²) in [6.07, 6.45) is 4.69. The Hall–Kier alpha value is -3.72. The molecule has 0 saturated carbocycles. The van der Waals surface area contributed by atoms with E-state index in [-0.39, 0.29) is 31.3 Å². The lowest BCUT2D eigenvalue weighted by atomic mass is 10.1. The van der Waals surface area contributed by atoms with Crippen LogP contribution in [0.2, 0.25) is 0 Å². The molecule has 1 fully saturated rings. The van der Waals surface area contributed by atoms with Crippen molar-refractivity contribution >= 4 is 29.7 Å². The van der Waals surface area contributed by atoms with Gasteiger partial charge < -0.3 is 47.9 Å². The summed E-state index contributed by atoms with van der Waals surface area (Å²) in [5.41, 5.74) is 11.1. The average Bonchev–Trinajstić information content (AvgIpc) is 3.52. The molecule has 4 atom stereocenters. The van der Waals surface area contributed by atoms with Gasteiger partial charge in [0.1, 0.15) is 18.1 Å². The highest BCUT2D eigenvalue weighted by Gasteiger charge is 2.31. The summed E-state index contributed by atoms with van der Waals surface area (Å²) in [6.45, 7) is 0.129. The van der Waals surface area contributed by atoms with Gasteiger partial charge in [-0.25, -0.2) is 9.78 Å². The number of carboxylic acids is 1. The average molecular weight is 496 g/mol. The zero-order valence-electron chi connectivity index (χ0n) is 19.2. The third kappa shape index (κ3) is 9.21. The van der Waals surface area contributed by atoms with Crippen molar-refractivity contribution < 1.29 is 29.4 Å². The Morgan fingerprint density at radius 2 is 1.86 bits per heavy atom. The van der Waals surface area contributed by atoms with Gasteiger partial charge >= 0.3 is 5.97 Å². The quantitative estimate of drug-likeness (QED) is 0.0693. The third-order valence-corrected chi connectivity index (χ3v) is 5.36. The predicted molar refractivity (Wildman–Crippen MR) is 124 cm³/mol. The molecule has 0 spiro atoms. The first kappa shape index (κ1) is 27.5. The molecule has 1 saturated heterocycles. The molecule has 1 aliphatic heterocycles. The fourth-order valence-corrected chi connectivity index (χ4v) is 3.51. The molecule has 15 nitrogen and oxygen atoms in total. The number of guanidine groups is 1. The van der Waals surface area contributed by atoms with Gasteiger partial charge in [-0.2, -0.15) is 0 Å². The second-order valence-corrected chi connectivity index (χ2v) is 8.08. The molecule has 11 N–H and O–H groups in total. The van der Waals surface area contributed by atoms with Crippen molar-refractivity contribution in [3.63, 3.8) is 0 Å². The number of nitrogens with one attached hydrogen (secondary N) is 5. The zero-order chi connectivity index (χ0) is 25.8. The summed E-state index contributed by atoms with van der Waals surface area (Å²) in [5, 5.41) is 29.5. The minimum absolute atomic E-state index is 0.0783. The van der Waals surface area contributed by atoms with Gasteiger partial charge in [-0.05, 0) is 32.2 Å². The largest absolute Gasteiger partial charge is 0.480 e. The number of aromatic nitrogens is 2. The number of nitrogens with two attached hydrogens (primary N) is 2. The van der Waals surface area contributed by atoms with E-state index in [0.717, 1.165) is 6.42 Å². The van der Waals surface area contributed by atoms with Gasteiger partial charge in [-0.3, -0.25) is 19.4 Å². The maximum absolute atomic E-state index is 12.9. The lowest BCUT2D eigenvalue weighted by Gasteiger charge is -2.24. The molecule has 2 heterocycles. The monoisotopic (exact) mass is 495 g/mol. The highest BCUT2D eigenvalue weighted by molar-refractivity contribution is 5.94. The number of imidazole rings is 1. The van der Waals surface area contributed by atoms with Crippen molar-refractivity contribution in [2.45, 2.75) is 56.3 Å². The van der Waals surface area contributed by atoms with E-state index < -0.39 is 48.6 Å². The van der Waals surface area contributed by atoms with Crippen LogP contribution < -0.4 is 32.7 Å². The highest BCUT2D eigenvalue weighted by atomic mass is 16.4. The number of aromatic amines is 1. The minimum atomic E-state index is -1.44. The molecule has 2 rings (SSSR count). The number of hydrogen-bond acceptors (Lipinski definition) is 8. The fraction of sp³-hybridized carbons (Fsp3) is 0.600. The molecular formula is C20H33N9O6. The number of nitrogens with zero attached hydrogens (tertiary/aromatic N) is 2. The number of carbonyl (C=O) groups excluding carboxylic acids is 3. The van der Waals surface area contributed by atoms with Gasteiger partial charge in [-0.1, -0.05) is 0 Å². The Bertz CT molecular complexity index is 882. The molecule has 194 valence electrons. The molecular weight excluding hydrogens is 462 g/mol. The Labute approximate surface area is 201 Å². The maximum atomic E-state index is 12.9. The molecule has 1 aromatic heterocycles. The number of aliphatic hydroxyl groups excluding tert-OH is 1. The van der Waals surface area contributed by atoms with E-state index in [1.165, 1.54) is 12.5 Å². The lowest BCUT2D eigenvalue weighted by Crippen LogP contribution is -2.58. The molecule has 15 heteroatoms. The topological polar surface area (TPSA) is 250 Å². The van der Waals surface area contributed by atoms with E-state index in [1.54, 1.807) is 0 Å². The van der Waals surface area contributed by atoms with E-state index in [1.807, 2.05) is 0 Å². The summed E-state index contributed by atoms with van der Waals surface area (Å²) in [5.74, 6) is -3.37. The first-order valence-corrected chi connectivity index (χ1v) is 11.2. The van der Waals surface area contributed by atoms with Crippen LogP contribution in [0.4, 0.5) is 0 Å². The Balaban J connectivity index is 2.02. The fourth-order valence-electron chi connectivity index (χ4n) is 3.51. The normalized spacial score (nSPS) is 17.6. The van der Waals surface area contributed by atoms with Crippen LogP contribution in [0, 0.1) is 0 Å². The Kier molecular flexibility index (Phi) is 10.9. The van der Waals surface area contributed by atoms with Gasteiger partial charge in [0.05, 0.1) is 19.0 Å². The molecule has 0 bridgehead atoms. The number of aliphatic carboxylic acids is 1. The zero-order valence-corrected chi connectivity index (χ0v) is 19.2. The molecule has 1 aliphatic rings. The molecule has 0 radical (unpaired) electrons. The van der Waals surface area contributed by atoms with E-state index in [9.17, 15) is 29.4 Å². The molecule has 0 aliphatic carbocycles. The minimum Gasteiger partial charge on any atom is -0.480 e.